The lowest BCUT2D eigenvalue weighted by Gasteiger charge is -2.34. The van der Waals surface area contributed by atoms with Crippen LogP contribution in [0.5, 0.6) is 0 Å². The van der Waals surface area contributed by atoms with Gasteiger partial charge < -0.3 is 4.90 Å². The fourth-order valence-electron chi connectivity index (χ4n) is 2.53. The molecule has 3 aliphatic heterocycles. The van der Waals surface area contributed by atoms with E-state index in [1.807, 2.05) is 11.3 Å². The molecule has 0 aliphatic carbocycles. The predicted molar refractivity (Wildman–Crippen MR) is 55.7 cm³/mol. The number of nitrogens with one attached hydrogen (secondary N) is 1. The normalized spacial score (nSPS) is 31.8. The van der Waals surface area contributed by atoms with Crippen LogP contribution < -0.4 is 4.90 Å². The van der Waals surface area contributed by atoms with Gasteiger partial charge in [-0.1, -0.05) is 0 Å². The van der Waals surface area contributed by atoms with Gasteiger partial charge in [0.2, 0.25) is 0 Å². The first-order valence-corrected chi connectivity index (χ1v) is 5.96. The molecule has 4 heterocycles. The zero-order valence-electron chi connectivity index (χ0n) is 7.62. The standard InChI is InChI=1S/C11H13NS/c1-4-12-5-2-9(1)11(7-12)10-3-6-13-8-10/h3,6-9H,1-2,4-5H2/p+1. The van der Waals surface area contributed by atoms with Crippen LogP contribution in [0.25, 0.3) is 5.57 Å². The maximum absolute atomic E-state index is 2.46. The zero-order chi connectivity index (χ0) is 8.67. The van der Waals surface area contributed by atoms with E-state index in [2.05, 4.69) is 23.0 Å². The number of quaternary nitrogens is 1. The third-order valence-electron chi connectivity index (χ3n) is 3.28. The van der Waals surface area contributed by atoms with E-state index in [-0.39, 0.29) is 0 Å². The Kier molecular flexibility index (Phi) is 1.77. The van der Waals surface area contributed by atoms with Crippen molar-refractivity contribution >= 4 is 16.9 Å². The number of thiophene rings is 1. The molecule has 2 bridgehead atoms. The molecule has 1 aromatic heterocycles. The monoisotopic (exact) mass is 192 g/mol. The van der Waals surface area contributed by atoms with Gasteiger partial charge >= 0.3 is 0 Å². The average Bonchev–Trinajstić information content (AvgIpc) is 2.72. The van der Waals surface area contributed by atoms with Crippen LogP contribution in [0.15, 0.2) is 23.0 Å². The maximum Gasteiger partial charge on any atom is 0.0983 e. The molecule has 1 aromatic rings. The second-order valence-electron chi connectivity index (χ2n) is 4.04. The summed E-state index contributed by atoms with van der Waals surface area (Å²) in [7, 11) is 0. The Labute approximate surface area is 82.7 Å². The van der Waals surface area contributed by atoms with Gasteiger partial charge in [-0.2, -0.15) is 11.3 Å². The quantitative estimate of drug-likeness (QED) is 0.686. The second kappa shape index (κ2) is 2.96. The van der Waals surface area contributed by atoms with Gasteiger partial charge in [0.25, 0.3) is 0 Å². The van der Waals surface area contributed by atoms with Crippen LogP contribution in [-0.4, -0.2) is 13.1 Å². The van der Waals surface area contributed by atoms with Crippen molar-refractivity contribution in [3.05, 3.63) is 28.6 Å². The van der Waals surface area contributed by atoms with Crippen molar-refractivity contribution in [3.8, 4) is 0 Å². The Morgan fingerprint density at radius 2 is 2.15 bits per heavy atom. The van der Waals surface area contributed by atoms with Gasteiger partial charge in [0.1, 0.15) is 0 Å². The predicted octanol–water partition coefficient (Wildman–Crippen LogP) is 1.40. The van der Waals surface area contributed by atoms with Gasteiger partial charge in [0.05, 0.1) is 19.3 Å². The highest BCUT2D eigenvalue weighted by atomic mass is 32.1. The van der Waals surface area contributed by atoms with Crippen LogP contribution in [0.4, 0.5) is 0 Å². The summed E-state index contributed by atoms with van der Waals surface area (Å²) in [5.41, 5.74) is 3.10. The molecule has 0 amide bonds. The highest BCUT2D eigenvalue weighted by Crippen LogP contribution is 2.32. The summed E-state index contributed by atoms with van der Waals surface area (Å²) in [6.45, 7) is 2.72. The molecule has 1 fully saturated rings. The second-order valence-corrected chi connectivity index (χ2v) is 4.82. The molecule has 2 heteroatoms. The Morgan fingerprint density at radius 3 is 2.69 bits per heavy atom. The summed E-state index contributed by atoms with van der Waals surface area (Å²) in [5, 5.41) is 4.47. The molecular weight excluding hydrogens is 178 g/mol. The van der Waals surface area contributed by atoms with Gasteiger partial charge in [-0.15, -0.1) is 0 Å². The number of piperidine rings is 1. The lowest BCUT2D eigenvalue weighted by molar-refractivity contribution is -0.856. The highest BCUT2D eigenvalue weighted by Gasteiger charge is 2.31. The lowest BCUT2D eigenvalue weighted by atomic mass is 9.83. The van der Waals surface area contributed by atoms with Gasteiger partial charge in [-0.05, 0) is 22.4 Å². The molecule has 3 aliphatic rings. The Bertz CT molecular complexity index is 318. The molecule has 13 heavy (non-hydrogen) atoms. The fraction of sp³-hybridized carbons (Fsp3) is 0.455. The highest BCUT2D eigenvalue weighted by molar-refractivity contribution is 7.08. The zero-order valence-corrected chi connectivity index (χ0v) is 8.44. The first-order chi connectivity index (χ1) is 6.43. The first kappa shape index (κ1) is 7.77. The summed E-state index contributed by atoms with van der Waals surface area (Å²) in [6.07, 6.45) is 5.26. The Hall–Kier alpha value is -0.600. The van der Waals surface area contributed by atoms with E-state index in [0.29, 0.717) is 0 Å². The van der Waals surface area contributed by atoms with E-state index in [1.54, 1.807) is 10.5 Å². The number of hydrogen-bond acceptors (Lipinski definition) is 1. The minimum absolute atomic E-state index is 0.868. The molecule has 68 valence electrons. The van der Waals surface area contributed by atoms with Crippen LogP contribution >= 0.6 is 11.3 Å². The third kappa shape index (κ3) is 1.25. The van der Waals surface area contributed by atoms with Crippen molar-refractivity contribution in [1.29, 1.82) is 0 Å². The molecule has 4 rings (SSSR count). The summed E-state index contributed by atoms with van der Waals surface area (Å²) in [5.74, 6) is 0.868. The van der Waals surface area contributed by atoms with Gasteiger partial charge in [0.15, 0.2) is 0 Å². The molecule has 1 saturated heterocycles. The van der Waals surface area contributed by atoms with Crippen molar-refractivity contribution in [3.63, 3.8) is 0 Å². The number of hydrogen-bond donors (Lipinski definition) is 1. The largest absolute Gasteiger partial charge is 0.308 e. The fourth-order valence-corrected chi connectivity index (χ4v) is 3.19. The van der Waals surface area contributed by atoms with E-state index < -0.39 is 0 Å². The Balaban J connectivity index is 2.00. The number of allylic oxidation sites excluding steroid dienone is 1. The topological polar surface area (TPSA) is 4.44 Å². The summed E-state index contributed by atoms with van der Waals surface area (Å²) in [6, 6.07) is 2.26. The average molecular weight is 192 g/mol. The van der Waals surface area contributed by atoms with Crippen LogP contribution in [-0.2, 0) is 0 Å². The molecule has 0 saturated carbocycles. The minimum Gasteiger partial charge on any atom is -0.308 e. The van der Waals surface area contributed by atoms with Crippen LogP contribution in [0.3, 0.4) is 0 Å². The minimum atomic E-state index is 0.868. The Morgan fingerprint density at radius 1 is 1.31 bits per heavy atom. The van der Waals surface area contributed by atoms with Crippen molar-refractivity contribution in [1.82, 2.24) is 0 Å². The van der Waals surface area contributed by atoms with Gasteiger partial charge in [0, 0.05) is 24.3 Å². The SMILES string of the molecule is C1=C(c2ccsc2)C2CC[NH+]1CC2. The molecule has 0 radical (unpaired) electrons. The van der Waals surface area contributed by atoms with Crippen molar-refractivity contribution in [2.75, 3.05) is 13.1 Å². The van der Waals surface area contributed by atoms with Crippen molar-refractivity contribution in [2.24, 2.45) is 5.92 Å². The van der Waals surface area contributed by atoms with Crippen LogP contribution in [0.2, 0.25) is 0 Å². The summed E-state index contributed by atoms with van der Waals surface area (Å²) >= 11 is 1.81. The van der Waals surface area contributed by atoms with Gasteiger partial charge in [-0.25, -0.2) is 0 Å². The molecular formula is C11H14NS+. The van der Waals surface area contributed by atoms with Crippen molar-refractivity contribution < 1.29 is 4.90 Å². The molecule has 1 nitrogen and oxygen atoms in total. The van der Waals surface area contributed by atoms with E-state index in [0.717, 1.165) is 5.92 Å². The van der Waals surface area contributed by atoms with Crippen molar-refractivity contribution in [2.45, 2.75) is 12.8 Å². The molecule has 0 aromatic carbocycles. The van der Waals surface area contributed by atoms with Crippen LogP contribution in [0.1, 0.15) is 18.4 Å². The van der Waals surface area contributed by atoms with E-state index in [4.69, 9.17) is 0 Å². The maximum atomic E-state index is 2.46. The number of fused-ring (bicyclic) bond motifs is 2. The van der Waals surface area contributed by atoms with E-state index >= 15 is 0 Å². The molecule has 0 unspecified atom stereocenters. The third-order valence-corrected chi connectivity index (χ3v) is 3.97. The lowest BCUT2D eigenvalue weighted by Crippen LogP contribution is -3.10. The van der Waals surface area contributed by atoms with Crippen LogP contribution in [0, 0.1) is 5.92 Å². The number of rotatable bonds is 1. The molecule has 0 atom stereocenters. The van der Waals surface area contributed by atoms with E-state index in [9.17, 15) is 0 Å². The van der Waals surface area contributed by atoms with E-state index in [1.165, 1.54) is 31.5 Å². The molecule has 1 N–H and O–H groups in total. The summed E-state index contributed by atoms with van der Waals surface area (Å²) < 4.78 is 0. The first-order valence-electron chi connectivity index (χ1n) is 5.02. The van der Waals surface area contributed by atoms with Gasteiger partial charge in [-0.3, -0.25) is 0 Å². The molecule has 0 spiro atoms. The summed E-state index contributed by atoms with van der Waals surface area (Å²) in [4.78, 5) is 1.68. The smallest absolute Gasteiger partial charge is 0.0983 e.